The standard InChI is InChI=1S/C11H11BrN2O2/c1-3-14-6-8-9(12)5-4-7(10(8)13-14)11(15)16-2/h4-6H,3H2,1-2H3. The Morgan fingerprint density at radius 1 is 1.56 bits per heavy atom. The zero-order chi connectivity index (χ0) is 11.7. The van der Waals surface area contributed by atoms with Crippen LogP contribution in [0.3, 0.4) is 0 Å². The minimum atomic E-state index is -0.362. The molecule has 2 rings (SSSR count). The first-order valence-corrected chi connectivity index (χ1v) is 5.70. The predicted molar refractivity (Wildman–Crippen MR) is 64.4 cm³/mol. The van der Waals surface area contributed by atoms with Crippen LogP contribution in [-0.4, -0.2) is 22.9 Å². The molecule has 0 aliphatic rings. The van der Waals surface area contributed by atoms with Gasteiger partial charge < -0.3 is 4.74 Å². The Morgan fingerprint density at radius 3 is 2.94 bits per heavy atom. The van der Waals surface area contributed by atoms with E-state index in [4.69, 9.17) is 4.74 Å². The van der Waals surface area contributed by atoms with Gasteiger partial charge in [0.05, 0.1) is 12.7 Å². The third kappa shape index (κ3) is 1.71. The average Bonchev–Trinajstić information content (AvgIpc) is 2.73. The molecule has 0 unspecified atom stereocenters. The van der Waals surface area contributed by atoms with E-state index in [1.807, 2.05) is 19.2 Å². The molecule has 0 N–H and O–H groups in total. The van der Waals surface area contributed by atoms with Crippen molar-refractivity contribution in [2.24, 2.45) is 0 Å². The number of nitrogens with zero attached hydrogens (tertiary/aromatic N) is 2. The van der Waals surface area contributed by atoms with Crippen molar-refractivity contribution in [1.29, 1.82) is 0 Å². The molecule has 1 heterocycles. The number of hydrogen-bond acceptors (Lipinski definition) is 3. The van der Waals surface area contributed by atoms with Gasteiger partial charge in [-0.15, -0.1) is 0 Å². The van der Waals surface area contributed by atoms with Crippen LogP contribution in [0.2, 0.25) is 0 Å². The van der Waals surface area contributed by atoms with Crippen molar-refractivity contribution in [3.8, 4) is 0 Å². The Bertz CT molecular complexity index is 548. The molecule has 84 valence electrons. The van der Waals surface area contributed by atoms with Gasteiger partial charge in [-0.2, -0.15) is 5.10 Å². The zero-order valence-corrected chi connectivity index (χ0v) is 10.6. The van der Waals surface area contributed by atoms with Gasteiger partial charge >= 0.3 is 5.97 Å². The fourth-order valence-electron chi connectivity index (χ4n) is 1.56. The number of fused-ring (bicyclic) bond motifs is 1. The van der Waals surface area contributed by atoms with Crippen molar-refractivity contribution < 1.29 is 9.53 Å². The fraction of sp³-hybridized carbons (Fsp3) is 0.273. The number of benzene rings is 1. The van der Waals surface area contributed by atoms with Crippen LogP contribution in [0.15, 0.2) is 22.8 Å². The third-order valence-corrected chi connectivity index (χ3v) is 3.09. The third-order valence-electron chi connectivity index (χ3n) is 2.40. The Balaban J connectivity index is 2.72. The molecule has 0 fully saturated rings. The highest BCUT2D eigenvalue weighted by Crippen LogP contribution is 2.26. The van der Waals surface area contributed by atoms with E-state index in [2.05, 4.69) is 21.0 Å². The number of aryl methyl sites for hydroxylation is 1. The van der Waals surface area contributed by atoms with Gasteiger partial charge in [0, 0.05) is 22.6 Å². The van der Waals surface area contributed by atoms with E-state index >= 15 is 0 Å². The molecular weight excluding hydrogens is 272 g/mol. The molecule has 0 radical (unpaired) electrons. The summed E-state index contributed by atoms with van der Waals surface area (Å²) < 4.78 is 7.44. The second-order valence-corrected chi connectivity index (χ2v) is 4.19. The summed E-state index contributed by atoms with van der Waals surface area (Å²) in [6, 6.07) is 3.54. The van der Waals surface area contributed by atoms with Crippen molar-refractivity contribution in [3.63, 3.8) is 0 Å². The zero-order valence-electron chi connectivity index (χ0n) is 9.03. The number of methoxy groups -OCH3 is 1. The number of rotatable bonds is 2. The molecule has 1 aromatic carbocycles. The van der Waals surface area contributed by atoms with E-state index in [0.29, 0.717) is 11.1 Å². The van der Waals surface area contributed by atoms with Crippen molar-refractivity contribution >= 4 is 32.8 Å². The van der Waals surface area contributed by atoms with E-state index in [-0.39, 0.29) is 5.97 Å². The molecule has 0 spiro atoms. The van der Waals surface area contributed by atoms with Crippen LogP contribution in [0.1, 0.15) is 17.3 Å². The van der Waals surface area contributed by atoms with E-state index < -0.39 is 0 Å². The lowest BCUT2D eigenvalue weighted by atomic mass is 10.1. The lowest BCUT2D eigenvalue weighted by Crippen LogP contribution is -2.02. The molecule has 5 heteroatoms. The maximum atomic E-state index is 11.5. The van der Waals surface area contributed by atoms with Crippen LogP contribution < -0.4 is 0 Å². The quantitative estimate of drug-likeness (QED) is 0.796. The molecular formula is C11H11BrN2O2. The van der Waals surface area contributed by atoms with Gasteiger partial charge in [-0.3, -0.25) is 4.68 Å². The number of ether oxygens (including phenoxy) is 1. The second-order valence-electron chi connectivity index (χ2n) is 3.33. The maximum Gasteiger partial charge on any atom is 0.340 e. The smallest absolute Gasteiger partial charge is 0.340 e. The molecule has 0 aliphatic carbocycles. The molecule has 0 saturated carbocycles. The summed E-state index contributed by atoms with van der Waals surface area (Å²) in [5, 5.41) is 5.27. The van der Waals surface area contributed by atoms with Crippen LogP contribution in [-0.2, 0) is 11.3 Å². The summed E-state index contributed by atoms with van der Waals surface area (Å²) in [6.07, 6.45) is 1.91. The summed E-state index contributed by atoms with van der Waals surface area (Å²) >= 11 is 3.44. The van der Waals surface area contributed by atoms with Crippen LogP contribution in [0.5, 0.6) is 0 Å². The first-order valence-electron chi connectivity index (χ1n) is 4.91. The predicted octanol–water partition coefficient (Wildman–Crippen LogP) is 2.61. The molecule has 0 saturated heterocycles. The molecule has 4 nitrogen and oxygen atoms in total. The monoisotopic (exact) mass is 282 g/mol. The number of aromatic nitrogens is 2. The number of carbonyl (C=O) groups excluding carboxylic acids is 1. The summed E-state index contributed by atoms with van der Waals surface area (Å²) in [5.74, 6) is -0.362. The van der Waals surface area contributed by atoms with Gasteiger partial charge in [0.15, 0.2) is 0 Å². The molecule has 0 bridgehead atoms. The largest absolute Gasteiger partial charge is 0.465 e. The maximum absolute atomic E-state index is 11.5. The van der Waals surface area contributed by atoms with Crippen LogP contribution in [0, 0.1) is 0 Å². The first-order chi connectivity index (χ1) is 7.67. The molecule has 0 amide bonds. The average molecular weight is 283 g/mol. The summed E-state index contributed by atoms with van der Waals surface area (Å²) in [5.41, 5.74) is 1.16. The van der Waals surface area contributed by atoms with Crippen molar-refractivity contribution in [2.45, 2.75) is 13.5 Å². The van der Waals surface area contributed by atoms with Gasteiger partial charge in [-0.1, -0.05) is 15.9 Å². The van der Waals surface area contributed by atoms with Crippen LogP contribution in [0.25, 0.3) is 10.9 Å². The van der Waals surface area contributed by atoms with E-state index in [9.17, 15) is 4.79 Å². The molecule has 1 aromatic heterocycles. The summed E-state index contributed by atoms with van der Waals surface area (Å²) in [7, 11) is 1.37. The van der Waals surface area contributed by atoms with E-state index in [0.717, 1.165) is 16.4 Å². The number of carbonyl (C=O) groups is 1. The second kappa shape index (κ2) is 4.25. The molecule has 2 aromatic rings. The van der Waals surface area contributed by atoms with Gasteiger partial charge in [0.1, 0.15) is 5.52 Å². The SMILES string of the molecule is CCn1cc2c(Br)ccc(C(=O)OC)c2n1. The van der Waals surface area contributed by atoms with Crippen molar-refractivity contribution in [2.75, 3.05) is 7.11 Å². The minimum Gasteiger partial charge on any atom is -0.465 e. The Labute approximate surface area is 101 Å². The Hall–Kier alpha value is -1.36. The number of halogens is 1. The lowest BCUT2D eigenvalue weighted by Gasteiger charge is -2.00. The van der Waals surface area contributed by atoms with E-state index in [1.54, 1.807) is 10.7 Å². The lowest BCUT2D eigenvalue weighted by molar-refractivity contribution is 0.0602. The van der Waals surface area contributed by atoms with Crippen molar-refractivity contribution in [1.82, 2.24) is 9.78 Å². The number of esters is 1. The highest BCUT2D eigenvalue weighted by atomic mass is 79.9. The molecule has 16 heavy (non-hydrogen) atoms. The highest BCUT2D eigenvalue weighted by Gasteiger charge is 2.15. The van der Waals surface area contributed by atoms with Gasteiger partial charge in [-0.25, -0.2) is 4.79 Å². The van der Waals surface area contributed by atoms with Crippen LogP contribution >= 0.6 is 15.9 Å². The van der Waals surface area contributed by atoms with Crippen LogP contribution in [0.4, 0.5) is 0 Å². The highest BCUT2D eigenvalue weighted by molar-refractivity contribution is 9.10. The Morgan fingerprint density at radius 2 is 2.31 bits per heavy atom. The normalized spacial score (nSPS) is 10.7. The Kier molecular flexibility index (Phi) is 2.96. The fourth-order valence-corrected chi connectivity index (χ4v) is 1.98. The van der Waals surface area contributed by atoms with Gasteiger partial charge in [0.2, 0.25) is 0 Å². The summed E-state index contributed by atoms with van der Waals surface area (Å²) in [6.45, 7) is 2.76. The molecule has 0 atom stereocenters. The van der Waals surface area contributed by atoms with Gasteiger partial charge in [0.25, 0.3) is 0 Å². The minimum absolute atomic E-state index is 0.362. The number of hydrogen-bond donors (Lipinski definition) is 0. The van der Waals surface area contributed by atoms with Crippen molar-refractivity contribution in [3.05, 3.63) is 28.4 Å². The first kappa shape index (κ1) is 11.1. The molecule has 0 aliphatic heterocycles. The van der Waals surface area contributed by atoms with Gasteiger partial charge in [-0.05, 0) is 19.1 Å². The topological polar surface area (TPSA) is 44.1 Å². The summed E-state index contributed by atoms with van der Waals surface area (Å²) in [4.78, 5) is 11.5. The van der Waals surface area contributed by atoms with E-state index in [1.165, 1.54) is 7.11 Å².